The van der Waals surface area contributed by atoms with Gasteiger partial charge in [-0.15, -0.1) is 4.40 Å². The zero-order valence-electron chi connectivity index (χ0n) is 23.4. The molecule has 4 aliphatic rings. The summed E-state index contributed by atoms with van der Waals surface area (Å²) in [5.41, 5.74) is 1.33. The van der Waals surface area contributed by atoms with E-state index in [2.05, 4.69) is 46.0 Å². The number of nitrogens with one attached hydrogen (secondary N) is 2. The fourth-order valence-corrected chi connectivity index (χ4v) is 7.09. The van der Waals surface area contributed by atoms with Crippen molar-refractivity contribution in [1.29, 1.82) is 0 Å². The number of rotatable bonds is 7. The molecule has 0 spiro atoms. The predicted molar refractivity (Wildman–Crippen MR) is 160 cm³/mol. The number of piperazine rings is 1. The van der Waals surface area contributed by atoms with Gasteiger partial charge in [-0.25, -0.2) is 18.5 Å². The molecule has 2 saturated heterocycles. The first-order valence-corrected chi connectivity index (χ1v) is 16.3. The van der Waals surface area contributed by atoms with Crippen molar-refractivity contribution in [3.05, 3.63) is 52.7 Å². The van der Waals surface area contributed by atoms with Gasteiger partial charge in [0.1, 0.15) is 5.82 Å². The van der Waals surface area contributed by atoms with Crippen molar-refractivity contribution in [3.8, 4) is 0 Å². The van der Waals surface area contributed by atoms with E-state index in [-0.39, 0.29) is 17.7 Å². The Kier molecular flexibility index (Phi) is 8.36. The number of piperidine rings is 1. The lowest BCUT2D eigenvalue weighted by molar-refractivity contribution is 0.0610. The Hall–Kier alpha value is -2.87. The average Bonchev–Trinajstić information content (AvgIpc) is 3.73. The molecule has 2 aromatic rings. The smallest absolute Gasteiger partial charge is 0.345 e. The maximum absolute atomic E-state index is 13.6. The summed E-state index contributed by atoms with van der Waals surface area (Å²) in [5.74, 6) is -0.548. The molecule has 1 aromatic heterocycles. The number of amidine groups is 2. The number of benzene rings is 1. The summed E-state index contributed by atoms with van der Waals surface area (Å²) < 4.78 is 57.0. The Bertz CT molecular complexity index is 1490. The van der Waals surface area contributed by atoms with Gasteiger partial charge in [0.2, 0.25) is 0 Å². The zero-order valence-corrected chi connectivity index (χ0v) is 25.0. The van der Waals surface area contributed by atoms with Crippen molar-refractivity contribution in [2.75, 3.05) is 42.9 Å². The summed E-state index contributed by atoms with van der Waals surface area (Å²) in [6.07, 6.45) is 6.56. The van der Waals surface area contributed by atoms with Crippen LogP contribution in [-0.2, 0) is 16.8 Å². The van der Waals surface area contributed by atoms with E-state index in [0.717, 1.165) is 70.4 Å². The molecule has 0 amide bonds. The van der Waals surface area contributed by atoms with Crippen LogP contribution in [0.5, 0.6) is 0 Å². The van der Waals surface area contributed by atoms with Gasteiger partial charge in [-0.05, 0) is 69.0 Å². The average molecular weight is 621 g/mol. The molecule has 1 aromatic carbocycles. The monoisotopic (exact) mass is 620 g/mol. The van der Waals surface area contributed by atoms with E-state index in [1.165, 1.54) is 12.1 Å². The minimum absolute atomic E-state index is 0.127. The highest BCUT2D eigenvalue weighted by Gasteiger charge is 2.34. The number of hydrogen-bond donors (Lipinski definition) is 2. The van der Waals surface area contributed by atoms with E-state index < -0.39 is 21.8 Å². The first-order chi connectivity index (χ1) is 20.2. The first kappa shape index (κ1) is 29.2. The van der Waals surface area contributed by atoms with Crippen LogP contribution in [0.1, 0.15) is 44.6 Å². The Labute approximate surface area is 250 Å². The number of likely N-dealkylation sites (tertiary alicyclic amines) is 1. The molecule has 4 heterocycles. The molecular formula is C28H35ClF2N8O2S. The Morgan fingerprint density at radius 3 is 2.57 bits per heavy atom. The second-order valence-corrected chi connectivity index (χ2v) is 13.1. The molecule has 1 aliphatic carbocycles. The van der Waals surface area contributed by atoms with Crippen LogP contribution in [0.15, 0.2) is 39.9 Å². The van der Waals surface area contributed by atoms with Crippen molar-refractivity contribution in [2.45, 2.75) is 63.7 Å². The van der Waals surface area contributed by atoms with Crippen LogP contribution in [0.25, 0.3) is 0 Å². The molecule has 3 fully saturated rings. The van der Waals surface area contributed by atoms with Gasteiger partial charge < -0.3 is 10.2 Å². The van der Waals surface area contributed by atoms with Gasteiger partial charge in [0.15, 0.2) is 23.3 Å². The lowest BCUT2D eigenvalue weighted by atomic mass is 9.98. The predicted octanol–water partition coefficient (Wildman–Crippen LogP) is 3.80. The topological polar surface area (TPSA) is 106 Å². The lowest BCUT2D eigenvalue weighted by Crippen LogP contribution is -2.58. The summed E-state index contributed by atoms with van der Waals surface area (Å²) in [6, 6.07) is 6.83. The third-order valence-electron chi connectivity index (χ3n) is 8.32. The van der Waals surface area contributed by atoms with Crippen LogP contribution in [0.2, 0.25) is 5.02 Å². The fraction of sp³-hybridized carbons (Fsp3) is 0.536. The number of nitrogens with zero attached hydrogens (tertiary/aromatic N) is 6. The molecule has 2 N–H and O–H groups in total. The molecule has 1 atom stereocenters. The highest BCUT2D eigenvalue weighted by Crippen LogP contribution is 2.31. The number of aliphatic imine (C=N–C) groups is 1. The summed E-state index contributed by atoms with van der Waals surface area (Å²) in [5, 5.41) is 3.49. The molecule has 6 rings (SSSR count). The Morgan fingerprint density at radius 2 is 1.88 bits per heavy atom. The quantitative estimate of drug-likeness (QED) is 0.485. The molecule has 3 aliphatic heterocycles. The van der Waals surface area contributed by atoms with E-state index in [4.69, 9.17) is 11.6 Å². The maximum Gasteiger partial charge on any atom is 0.345 e. The minimum atomic E-state index is -3.81. The van der Waals surface area contributed by atoms with Crippen LogP contribution in [0.4, 0.5) is 20.3 Å². The molecule has 14 heteroatoms. The third-order valence-corrected chi connectivity index (χ3v) is 9.47. The van der Waals surface area contributed by atoms with E-state index >= 15 is 0 Å². The summed E-state index contributed by atoms with van der Waals surface area (Å²) in [4.78, 5) is 16.2. The molecule has 42 heavy (non-hydrogen) atoms. The molecule has 10 nitrogen and oxygen atoms in total. The van der Waals surface area contributed by atoms with Gasteiger partial charge in [-0.3, -0.25) is 14.8 Å². The van der Waals surface area contributed by atoms with E-state index in [1.54, 1.807) is 18.3 Å². The zero-order chi connectivity index (χ0) is 29.4. The number of aromatic nitrogens is 1. The normalized spacial score (nSPS) is 24.6. The van der Waals surface area contributed by atoms with Crippen molar-refractivity contribution < 1.29 is 17.2 Å². The number of hydrogen-bond acceptors (Lipinski definition) is 8. The van der Waals surface area contributed by atoms with Crippen molar-refractivity contribution >= 4 is 45.0 Å². The molecule has 1 saturated carbocycles. The van der Waals surface area contributed by atoms with Crippen LogP contribution in [0, 0.1) is 11.6 Å². The van der Waals surface area contributed by atoms with E-state index in [0.29, 0.717) is 35.2 Å². The van der Waals surface area contributed by atoms with Crippen LogP contribution >= 0.6 is 11.6 Å². The maximum atomic E-state index is 13.6. The molecule has 0 bridgehead atoms. The molecule has 0 unspecified atom stereocenters. The van der Waals surface area contributed by atoms with Crippen molar-refractivity contribution in [3.63, 3.8) is 0 Å². The van der Waals surface area contributed by atoms with Gasteiger partial charge in [0.25, 0.3) is 0 Å². The van der Waals surface area contributed by atoms with Crippen molar-refractivity contribution in [2.24, 2.45) is 9.39 Å². The Morgan fingerprint density at radius 1 is 1.10 bits per heavy atom. The lowest BCUT2D eigenvalue weighted by Gasteiger charge is -2.47. The van der Waals surface area contributed by atoms with Gasteiger partial charge >= 0.3 is 10.2 Å². The first-order valence-electron chi connectivity index (χ1n) is 14.5. The van der Waals surface area contributed by atoms with Crippen molar-refractivity contribution in [1.82, 2.24) is 19.5 Å². The minimum Gasteiger partial charge on any atom is -0.353 e. The van der Waals surface area contributed by atoms with Crippen LogP contribution in [0.3, 0.4) is 0 Å². The molecule has 226 valence electrons. The third kappa shape index (κ3) is 6.69. The van der Waals surface area contributed by atoms with E-state index in [9.17, 15) is 17.2 Å². The molecular weight excluding hydrogens is 586 g/mol. The number of pyridine rings is 1. The second kappa shape index (κ2) is 12.0. The van der Waals surface area contributed by atoms with E-state index in [1.807, 2.05) is 0 Å². The summed E-state index contributed by atoms with van der Waals surface area (Å²) in [6.45, 7) is 7.14. The molecule has 0 radical (unpaired) electrons. The van der Waals surface area contributed by atoms with Crippen LogP contribution in [-0.4, -0.2) is 85.7 Å². The fourth-order valence-electron chi connectivity index (χ4n) is 5.99. The van der Waals surface area contributed by atoms with Crippen LogP contribution < -0.4 is 14.9 Å². The van der Waals surface area contributed by atoms with Gasteiger partial charge in [-0.1, -0.05) is 24.6 Å². The highest BCUT2D eigenvalue weighted by molar-refractivity contribution is 7.89. The number of halogens is 3. The summed E-state index contributed by atoms with van der Waals surface area (Å²) >= 11 is 6.70. The van der Waals surface area contributed by atoms with Gasteiger partial charge in [0, 0.05) is 38.3 Å². The number of anilines is 2. The van der Waals surface area contributed by atoms with Gasteiger partial charge in [-0.2, -0.15) is 8.42 Å². The summed E-state index contributed by atoms with van der Waals surface area (Å²) in [7, 11) is -3.81. The SMILES string of the molecule is CC[C@H]1CN(c2ncc(NC3=NS(=O)(=O)NC3=NC3CC3)cc2Cl)CCN1C1CCN(Cc2ccc(F)c(F)c2)CC1. The Balaban J connectivity index is 1.05. The standard InChI is InChI=1S/C28H35ClF2N8O2S/c1-2-21-17-38(11-12-39(21)22-7-9-37(10-8-22)16-18-3-6-24(30)25(31)13-18)28-23(29)14-20(15-32-28)34-27-26(33-19-4-5-19)35-42(40,41)36-27/h3,6,13-15,19,21-22H,2,4-5,7-12,16-17H2,1H3,(H,33,35)(H,34,36)/t21-/m0/s1. The second-order valence-electron chi connectivity index (χ2n) is 11.4. The highest BCUT2D eigenvalue weighted by atomic mass is 35.5. The largest absolute Gasteiger partial charge is 0.353 e. The van der Waals surface area contributed by atoms with Gasteiger partial charge in [0.05, 0.1) is 22.9 Å².